The summed E-state index contributed by atoms with van der Waals surface area (Å²) >= 11 is 6.03. The van der Waals surface area contributed by atoms with E-state index in [1.54, 1.807) is 0 Å². The highest BCUT2D eigenvalue weighted by atomic mass is 35.5. The molecule has 3 rings (SSSR count). The van der Waals surface area contributed by atoms with Gasteiger partial charge in [-0.15, -0.1) is 0 Å². The summed E-state index contributed by atoms with van der Waals surface area (Å²) in [5, 5.41) is 11.0. The highest BCUT2D eigenvalue weighted by Crippen LogP contribution is 2.25. The number of aromatic amines is 1. The number of amides is 1. The molecule has 1 fully saturated rings. The number of benzene rings is 1. The smallest absolute Gasteiger partial charge is 0.220 e. The molecule has 0 saturated carbocycles. The average Bonchev–Trinajstić information content (AvgIpc) is 3.26. The number of rotatable bonds is 7. The molecule has 1 aliphatic rings. The number of H-pyrrole nitrogens is 1. The van der Waals surface area contributed by atoms with Gasteiger partial charge in [0.2, 0.25) is 5.91 Å². The molecule has 1 atom stereocenters. The van der Waals surface area contributed by atoms with Crippen LogP contribution in [0.1, 0.15) is 47.8 Å². The van der Waals surface area contributed by atoms with Gasteiger partial charge in [0.15, 0.2) is 0 Å². The summed E-state index contributed by atoms with van der Waals surface area (Å²) in [7, 11) is 0. The molecule has 1 aromatic carbocycles. The van der Waals surface area contributed by atoms with Gasteiger partial charge in [0.25, 0.3) is 0 Å². The number of nitrogens with zero attached hydrogens (tertiary/aromatic N) is 2. The third-order valence-electron chi connectivity index (χ3n) is 5.21. The number of likely N-dealkylation sites (tertiary alicyclic amines) is 1. The molecule has 1 aromatic heterocycles. The van der Waals surface area contributed by atoms with Gasteiger partial charge in [-0.1, -0.05) is 23.7 Å². The topological polar surface area (TPSA) is 61.0 Å². The van der Waals surface area contributed by atoms with Crippen molar-refractivity contribution < 1.29 is 4.79 Å². The van der Waals surface area contributed by atoms with E-state index in [0.29, 0.717) is 13.0 Å². The Morgan fingerprint density at radius 3 is 2.58 bits per heavy atom. The quantitative estimate of drug-likeness (QED) is 0.778. The second-order valence-corrected chi connectivity index (χ2v) is 7.46. The lowest BCUT2D eigenvalue weighted by molar-refractivity contribution is -0.121. The summed E-state index contributed by atoms with van der Waals surface area (Å²) in [6, 6.07) is 8.18. The number of aromatic nitrogens is 2. The maximum atomic E-state index is 12.4. The average molecular weight is 375 g/mol. The molecule has 1 unspecified atom stereocenters. The Morgan fingerprint density at radius 2 is 1.96 bits per heavy atom. The van der Waals surface area contributed by atoms with E-state index in [1.165, 1.54) is 18.4 Å². The number of hydrogen-bond acceptors (Lipinski definition) is 3. The molecule has 1 amide bonds. The van der Waals surface area contributed by atoms with Crippen LogP contribution in [0.2, 0.25) is 5.02 Å². The summed E-state index contributed by atoms with van der Waals surface area (Å²) in [5.74, 6) is 0.0863. The van der Waals surface area contributed by atoms with Crippen LogP contribution in [0.5, 0.6) is 0 Å². The van der Waals surface area contributed by atoms with Crippen molar-refractivity contribution in [1.82, 2.24) is 20.4 Å². The fourth-order valence-electron chi connectivity index (χ4n) is 3.68. The van der Waals surface area contributed by atoms with Crippen molar-refractivity contribution in [2.75, 3.05) is 19.6 Å². The van der Waals surface area contributed by atoms with Crippen LogP contribution in [0.15, 0.2) is 24.3 Å². The van der Waals surface area contributed by atoms with Crippen LogP contribution in [0, 0.1) is 13.8 Å². The van der Waals surface area contributed by atoms with Crippen LogP contribution in [0.25, 0.3) is 0 Å². The molecule has 0 aliphatic carbocycles. The fraction of sp³-hybridized carbons (Fsp3) is 0.500. The molecular weight excluding hydrogens is 348 g/mol. The number of carbonyl (C=O) groups excluding carboxylic acids is 1. The number of nitrogens with one attached hydrogen (secondary N) is 2. The molecule has 140 valence electrons. The molecule has 2 heterocycles. The molecule has 1 aliphatic heterocycles. The SMILES string of the molecule is Cc1n[nH]c(C)c1CCC(=O)NCC(c1ccc(Cl)cc1)N1CCCC1. The second-order valence-electron chi connectivity index (χ2n) is 7.03. The molecule has 0 spiro atoms. The van der Waals surface area contributed by atoms with Crippen LogP contribution in [-0.2, 0) is 11.2 Å². The molecule has 2 aromatic rings. The van der Waals surface area contributed by atoms with Gasteiger partial charge in [-0.2, -0.15) is 5.10 Å². The molecule has 5 nitrogen and oxygen atoms in total. The molecule has 26 heavy (non-hydrogen) atoms. The number of halogens is 1. The van der Waals surface area contributed by atoms with Crippen LogP contribution < -0.4 is 5.32 Å². The molecule has 2 N–H and O–H groups in total. The van der Waals surface area contributed by atoms with Crippen LogP contribution in [-0.4, -0.2) is 40.6 Å². The van der Waals surface area contributed by atoms with E-state index in [1.807, 2.05) is 26.0 Å². The van der Waals surface area contributed by atoms with E-state index in [0.717, 1.165) is 41.5 Å². The Morgan fingerprint density at radius 1 is 1.27 bits per heavy atom. The molecular formula is C20H27ClN4O. The summed E-state index contributed by atoms with van der Waals surface area (Å²) in [4.78, 5) is 14.8. The minimum atomic E-state index is 0.0863. The number of hydrogen-bond donors (Lipinski definition) is 2. The zero-order valence-corrected chi connectivity index (χ0v) is 16.3. The predicted octanol–water partition coefficient (Wildman–Crippen LogP) is 3.57. The molecule has 0 bridgehead atoms. The predicted molar refractivity (Wildman–Crippen MR) is 104 cm³/mol. The first-order valence-corrected chi connectivity index (χ1v) is 9.69. The van der Waals surface area contributed by atoms with Gasteiger partial charge in [0.1, 0.15) is 0 Å². The third-order valence-corrected chi connectivity index (χ3v) is 5.46. The minimum absolute atomic E-state index is 0.0863. The van der Waals surface area contributed by atoms with Crippen LogP contribution in [0.4, 0.5) is 0 Å². The van der Waals surface area contributed by atoms with Gasteiger partial charge in [-0.25, -0.2) is 0 Å². The maximum Gasteiger partial charge on any atom is 0.220 e. The summed E-state index contributed by atoms with van der Waals surface area (Å²) in [6.45, 7) is 6.76. The third kappa shape index (κ3) is 4.65. The first kappa shape index (κ1) is 18.9. The van der Waals surface area contributed by atoms with Gasteiger partial charge >= 0.3 is 0 Å². The van der Waals surface area contributed by atoms with Gasteiger partial charge in [0, 0.05) is 23.7 Å². The minimum Gasteiger partial charge on any atom is -0.354 e. The Balaban J connectivity index is 1.58. The van der Waals surface area contributed by atoms with Gasteiger partial charge < -0.3 is 5.32 Å². The van der Waals surface area contributed by atoms with Crippen molar-refractivity contribution >= 4 is 17.5 Å². The van der Waals surface area contributed by atoms with Crippen molar-refractivity contribution in [2.45, 2.75) is 45.6 Å². The lowest BCUT2D eigenvalue weighted by atomic mass is 10.0. The van der Waals surface area contributed by atoms with Crippen molar-refractivity contribution in [3.8, 4) is 0 Å². The summed E-state index contributed by atoms with van der Waals surface area (Å²) in [6.07, 6.45) is 3.64. The van der Waals surface area contributed by atoms with Crippen LogP contribution >= 0.6 is 11.6 Å². The zero-order chi connectivity index (χ0) is 18.5. The van der Waals surface area contributed by atoms with Crippen molar-refractivity contribution in [3.05, 3.63) is 51.8 Å². The Labute approximate surface area is 160 Å². The first-order valence-electron chi connectivity index (χ1n) is 9.31. The molecule has 1 saturated heterocycles. The maximum absolute atomic E-state index is 12.4. The van der Waals surface area contributed by atoms with Crippen molar-refractivity contribution in [2.24, 2.45) is 0 Å². The van der Waals surface area contributed by atoms with Gasteiger partial charge in [-0.05, 0) is 69.5 Å². The zero-order valence-electron chi connectivity index (χ0n) is 15.5. The van der Waals surface area contributed by atoms with E-state index >= 15 is 0 Å². The highest BCUT2D eigenvalue weighted by Gasteiger charge is 2.24. The normalized spacial score (nSPS) is 16.0. The second kappa shape index (κ2) is 8.69. The van der Waals surface area contributed by atoms with E-state index in [-0.39, 0.29) is 11.9 Å². The van der Waals surface area contributed by atoms with Crippen LogP contribution in [0.3, 0.4) is 0 Å². The first-order chi connectivity index (χ1) is 12.5. The Hall–Kier alpha value is -1.85. The number of aryl methyl sites for hydroxylation is 2. The van der Waals surface area contributed by atoms with E-state index < -0.39 is 0 Å². The monoisotopic (exact) mass is 374 g/mol. The fourth-order valence-corrected chi connectivity index (χ4v) is 3.80. The van der Waals surface area contributed by atoms with Crippen molar-refractivity contribution in [1.29, 1.82) is 0 Å². The van der Waals surface area contributed by atoms with E-state index in [4.69, 9.17) is 11.6 Å². The van der Waals surface area contributed by atoms with E-state index in [9.17, 15) is 4.79 Å². The largest absolute Gasteiger partial charge is 0.354 e. The lowest BCUT2D eigenvalue weighted by Crippen LogP contribution is -2.36. The summed E-state index contributed by atoms with van der Waals surface area (Å²) < 4.78 is 0. The summed E-state index contributed by atoms with van der Waals surface area (Å²) in [5.41, 5.74) is 4.38. The van der Waals surface area contributed by atoms with Crippen molar-refractivity contribution in [3.63, 3.8) is 0 Å². The van der Waals surface area contributed by atoms with Gasteiger partial charge in [-0.3, -0.25) is 14.8 Å². The Kier molecular flexibility index (Phi) is 6.33. The molecule has 6 heteroatoms. The molecule has 0 radical (unpaired) electrons. The highest BCUT2D eigenvalue weighted by molar-refractivity contribution is 6.30. The standard InChI is InChI=1S/C20H27ClN4O/c1-14-18(15(2)24-23-14)9-10-20(26)22-13-19(25-11-3-4-12-25)16-5-7-17(21)8-6-16/h5-8,19H,3-4,9-13H2,1-2H3,(H,22,26)(H,23,24). The number of carbonyl (C=O) groups is 1. The van der Waals surface area contributed by atoms with E-state index in [2.05, 4.69) is 32.5 Å². The van der Waals surface area contributed by atoms with Gasteiger partial charge in [0.05, 0.1) is 11.7 Å². The lowest BCUT2D eigenvalue weighted by Gasteiger charge is -2.28. The Bertz CT molecular complexity index is 715.